The van der Waals surface area contributed by atoms with Gasteiger partial charge in [-0.2, -0.15) is 5.10 Å². The highest BCUT2D eigenvalue weighted by Gasteiger charge is 2.27. The van der Waals surface area contributed by atoms with Crippen LogP contribution in [0.15, 0.2) is 36.4 Å². The van der Waals surface area contributed by atoms with Gasteiger partial charge in [0.05, 0.1) is 22.0 Å². The van der Waals surface area contributed by atoms with E-state index in [1.165, 1.54) is 21.7 Å². The summed E-state index contributed by atoms with van der Waals surface area (Å²) in [4.78, 5) is 14.2. The summed E-state index contributed by atoms with van der Waals surface area (Å²) in [5, 5.41) is 7.67. The zero-order valence-corrected chi connectivity index (χ0v) is 14.6. The summed E-state index contributed by atoms with van der Waals surface area (Å²) in [6.45, 7) is 4.65. The molecule has 1 aliphatic carbocycles. The molecule has 4 nitrogen and oxygen atoms in total. The Morgan fingerprint density at radius 1 is 1.29 bits per heavy atom. The van der Waals surface area contributed by atoms with Crippen molar-refractivity contribution >= 4 is 17.2 Å². The van der Waals surface area contributed by atoms with E-state index in [4.69, 9.17) is 5.10 Å². The second-order valence-electron chi connectivity index (χ2n) is 5.98. The van der Waals surface area contributed by atoms with E-state index in [1.54, 1.807) is 11.3 Å². The molecule has 2 aromatic heterocycles. The first kappa shape index (κ1) is 15.1. The van der Waals surface area contributed by atoms with E-state index in [0.29, 0.717) is 6.54 Å². The minimum Gasteiger partial charge on any atom is -0.352 e. The van der Waals surface area contributed by atoms with E-state index in [9.17, 15) is 4.79 Å². The zero-order chi connectivity index (χ0) is 16.7. The van der Waals surface area contributed by atoms with Gasteiger partial charge in [-0.25, -0.2) is 4.68 Å². The molecular formula is C19H19N3OS. The van der Waals surface area contributed by atoms with Crippen molar-refractivity contribution < 1.29 is 4.79 Å². The summed E-state index contributed by atoms with van der Waals surface area (Å²) >= 11 is 1.58. The van der Waals surface area contributed by atoms with Crippen molar-refractivity contribution in [2.24, 2.45) is 0 Å². The van der Waals surface area contributed by atoms with Gasteiger partial charge < -0.3 is 5.32 Å². The Hall–Kier alpha value is -2.40. The van der Waals surface area contributed by atoms with E-state index in [2.05, 4.69) is 29.1 Å². The van der Waals surface area contributed by atoms with Crippen molar-refractivity contribution in [3.8, 4) is 16.1 Å². The highest BCUT2D eigenvalue weighted by molar-refractivity contribution is 7.17. The van der Waals surface area contributed by atoms with E-state index in [0.717, 1.165) is 29.1 Å². The van der Waals surface area contributed by atoms with Crippen molar-refractivity contribution in [3.05, 3.63) is 58.2 Å². The first-order chi connectivity index (χ1) is 11.7. The summed E-state index contributed by atoms with van der Waals surface area (Å²) in [6.07, 6.45) is 1.90. The van der Waals surface area contributed by atoms with Crippen LogP contribution in [0.25, 0.3) is 16.1 Å². The van der Waals surface area contributed by atoms with Crippen LogP contribution in [0.4, 0.5) is 0 Å². The lowest BCUT2D eigenvalue weighted by Crippen LogP contribution is -2.21. The number of para-hydroxylation sites is 1. The summed E-state index contributed by atoms with van der Waals surface area (Å²) in [5.74, 6) is 0.0200. The molecule has 0 spiro atoms. The number of aryl methyl sites for hydroxylation is 2. The van der Waals surface area contributed by atoms with Crippen LogP contribution in [-0.2, 0) is 12.8 Å². The highest BCUT2D eigenvalue weighted by atomic mass is 32.1. The molecule has 1 N–H and O–H groups in total. The fourth-order valence-electron chi connectivity index (χ4n) is 3.32. The van der Waals surface area contributed by atoms with Gasteiger partial charge in [-0.05, 0) is 50.5 Å². The van der Waals surface area contributed by atoms with Crippen LogP contribution < -0.4 is 5.32 Å². The predicted molar refractivity (Wildman–Crippen MR) is 97.0 cm³/mol. The molecule has 0 bridgehead atoms. The predicted octanol–water partition coefficient (Wildman–Crippen LogP) is 3.76. The molecule has 0 saturated heterocycles. The number of thiophene rings is 1. The van der Waals surface area contributed by atoms with E-state index in [-0.39, 0.29) is 5.91 Å². The number of carbonyl (C=O) groups is 1. The number of amides is 1. The number of carbonyl (C=O) groups excluding carboxylic acids is 1. The van der Waals surface area contributed by atoms with Gasteiger partial charge in [0.2, 0.25) is 0 Å². The Kier molecular flexibility index (Phi) is 3.73. The van der Waals surface area contributed by atoms with Gasteiger partial charge in [0, 0.05) is 17.0 Å². The van der Waals surface area contributed by atoms with Crippen LogP contribution >= 0.6 is 11.3 Å². The second kappa shape index (κ2) is 5.91. The SMILES string of the molecule is CCNC(=O)c1cc2c(s1)-c1c(C)nn(-c3ccccc3)c1CC2. The quantitative estimate of drug-likeness (QED) is 0.791. The molecule has 122 valence electrons. The molecule has 0 fully saturated rings. The van der Waals surface area contributed by atoms with Gasteiger partial charge in [0.15, 0.2) is 0 Å². The molecule has 0 aliphatic heterocycles. The van der Waals surface area contributed by atoms with Gasteiger partial charge in [-0.3, -0.25) is 4.79 Å². The van der Waals surface area contributed by atoms with Gasteiger partial charge >= 0.3 is 0 Å². The maximum Gasteiger partial charge on any atom is 0.261 e. The molecule has 2 heterocycles. The average molecular weight is 337 g/mol. The van der Waals surface area contributed by atoms with Crippen molar-refractivity contribution in [3.63, 3.8) is 0 Å². The second-order valence-corrected chi connectivity index (χ2v) is 7.03. The summed E-state index contributed by atoms with van der Waals surface area (Å²) in [6, 6.07) is 12.3. The monoisotopic (exact) mass is 337 g/mol. The third-order valence-electron chi connectivity index (χ3n) is 4.39. The minimum absolute atomic E-state index is 0.0200. The number of nitrogens with zero attached hydrogens (tertiary/aromatic N) is 2. The summed E-state index contributed by atoms with van der Waals surface area (Å²) in [7, 11) is 0. The standard InChI is InChI=1S/C19H19N3OS/c1-3-20-19(23)16-11-13-9-10-15-17(18(13)24-16)12(2)21-22(15)14-7-5-4-6-8-14/h4-8,11H,3,9-10H2,1-2H3,(H,20,23). The Labute approximate surface area is 145 Å². The number of fused-ring (bicyclic) bond motifs is 3. The number of hydrogen-bond acceptors (Lipinski definition) is 3. The molecule has 1 aliphatic rings. The smallest absolute Gasteiger partial charge is 0.261 e. The molecule has 0 radical (unpaired) electrons. The van der Waals surface area contributed by atoms with Crippen molar-refractivity contribution in [1.29, 1.82) is 0 Å². The van der Waals surface area contributed by atoms with E-state index < -0.39 is 0 Å². The van der Waals surface area contributed by atoms with E-state index >= 15 is 0 Å². The maximum atomic E-state index is 12.2. The molecule has 24 heavy (non-hydrogen) atoms. The first-order valence-electron chi connectivity index (χ1n) is 8.24. The molecule has 1 aromatic carbocycles. The molecule has 3 aromatic rings. The van der Waals surface area contributed by atoms with Gasteiger partial charge in [0.1, 0.15) is 0 Å². The number of aromatic nitrogens is 2. The Morgan fingerprint density at radius 3 is 2.83 bits per heavy atom. The van der Waals surface area contributed by atoms with Crippen LogP contribution in [0, 0.1) is 6.92 Å². The molecule has 5 heteroatoms. The average Bonchev–Trinajstić information content (AvgIpc) is 3.17. The lowest BCUT2D eigenvalue weighted by atomic mass is 9.95. The van der Waals surface area contributed by atoms with Gasteiger partial charge in [-0.15, -0.1) is 11.3 Å². The fourth-order valence-corrected chi connectivity index (χ4v) is 4.57. The normalized spacial score (nSPS) is 12.6. The highest BCUT2D eigenvalue weighted by Crippen LogP contribution is 2.42. The van der Waals surface area contributed by atoms with Crippen LogP contribution in [0.1, 0.15) is 33.5 Å². The van der Waals surface area contributed by atoms with E-state index in [1.807, 2.05) is 31.2 Å². The third-order valence-corrected chi connectivity index (χ3v) is 5.58. The molecule has 0 saturated carbocycles. The zero-order valence-electron chi connectivity index (χ0n) is 13.8. The Balaban J connectivity index is 1.82. The van der Waals surface area contributed by atoms with Crippen LogP contribution in [0.2, 0.25) is 0 Å². The largest absolute Gasteiger partial charge is 0.352 e. The van der Waals surface area contributed by atoms with Crippen molar-refractivity contribution in [2.45, 2.75) is 26.7 Å². The molecule has 1 amide bonds. The van der Waals surface area contributed by atoms with Gasteiger partial charge in [-0.1, -0.05) is 18.2 Å². The fraction of sp³-hybridized carbons (Fsp3) is 0.263. The van der Waals surface area contributed by atoms with Crippen LogP contribution in [0.3, 0.4) is 0 Å². The third kappa shape index (κ3) is 2.36. The molecule has 0 atom stereocenters. The number of hydrogen-bond donors (Lipinski definition) is 1. The lowest BCUT2D eigenvalue weighted by molar-refractivity contribution is 0.0960. The topological polar surface area (TPSA) is 46.9 Å². The molecular weight excluding hydrogens is 318 g/mol. The number of benzene rings is 1. The lowest BCUT2D eigenvalue weighted by Gasteiger charge is -2.14. The number of nitrogens with one attached hydrogen (secondary N) is 1. The van der Waals surface area contributed by atoms with Crippen molar-refractivity contribution in [2.75, 3.05) is 6.54 Å². The molecule has 4 rings (SSSR count). The number of rotatable bonds is 3. The first-order valence-corrected chi connectivity index (χ1v) is 9.06. The Morgan fingerprint density at radius 2 is 2.08 bits per heavy atom. The maximum absolute atomic E-state index is 12.2. The van der Waals surface area contributed by atoms with Crippen LogP contribution in [-0.4, -0.2) is 22.2 Å². The molecule has 0 unspecified atom stereocenters. The summed E-state index contributed by atoms with van der Waals surface area (Å²) in [5.41, 5.74) is 5.84. The minimum atomic E-state index is 0.0200. The van der Waals surface area contributed by atoms with Crippen molar-refractivity contribution in [1.82, 2.24) is 15.1 Å². The van der Waals surface area contributed by atoms with Gasteiger partial charge in [0.25, 0.3) is 5.91 Å². The Bertz CT molecular complexity index is 908. The van der Waals surface area contributed by atoms with Crippen LogP contribution in [0.5, 0.6) is 0 Å². The summed E-state index contributed by atoms with van der Waals surface area (Å²) < 4.78 is 2.05.